The summed E-state index contributed by atoms with van der Waals surface area (Å²) >= 11 is 0. The van der Waals surface area contributed by atoms with Gasteiger partial charge >= 0.3 is 0 Å². The number of aromatic hydroxyl groups is 1. The van der Waals surface area contributed by atoms with Crippen LogP contribution >= 0.6 is 0 Å². The van der Waals surface area contributed by atoms with E-state index in [1.807, 2.05) is 12.1 Å². The lowest BCUT2D eigenvalue weighted by atomic mass is 9.72. The number of ether oxygens (including phenoxy) is 1. The van der Waals surface area contributed by atoms with Gasteiger partial charge in [-0.2, -0.15) is 0 Å². The number of phenolic OH excluding ortho intramolecular Hbond substituents is 1. The van der Waals surface area contributed by atoms with Gasteiger partial charge in [0, 0.05) is 24.1 Å². The zero-order chi connectivity index (χ0) is 16.9. The van der Waals surface area contributed by atoms with Crippen LogP contribution in [0.4, 0.5) is 0 Å². The highest BCUT2D eigenvalue weighted by Gasteiger charge is 2.38. The van der Waals surface area contributed by atoms with Gasteiger partial charge in [-0.15, -0.1) is 6.58 Å². The summed E-state index contributed by atoms with van der Waals surface area (Å²) in [5.41, 5.74) is 2.26. The fraction of sp³-hybridized carbons (Fsp3) is 0.619. The molecule has 3 nitrogen and oxygen atoms in total. The van der Waals surface area contributed by atoms with Crippen molar-refractivity contribution >= 4 is 0 Å². The molecule has 1 aliphatic heterocycles. The predicted octanol–water partition coefficient (Wildman–Crippen LogP) is 4.55. The largest absolute Gasteiger partial charge is 0.508 e. The zero-order valence-corrected chi connectivity index (χ0v) is 14.9. The third kappa shape index (κ3) is 3.77. The number of fused-ring (bicyclic) bond motifs is 3. The summed E-state index contributed by atoms with van der Waals surface area (Å²) in [6, 6.07) is 4.65. The Morgan fingerprint density at radius 3 is 3.00 bits per heavy atom. The molecule has 1 aliphatic carbocycles. The van der Waals surface area contributed by atoms with Crippen LogP contribution in [0.15, 0.2) is 24.8 Å². The molecule has 3 atom stereocenters. The quantitative estimate of drug-likeness (QED) is 0.570. The first-order valence-electron chi connectivity index (χ1n) is 9.55. The number of phenols is 1. The summed E-state index contributed by atoms with van der Waals surface area (Å²) in [5.74, 6) is 2.32. The van der Waals surface area contributed by atoms with Gasteiger partial charge in [0.15, 0.2) is 0 Å². The lowest BCUT2D eigenvalue weighted by Gasteiger charge is -2.40. The van der Waals surface area contributed by atoms with E-state index in [0.29, 0.717) is 23.6 Å². The third-order valence-corrected chi connectivity index (χ3v) is 5.62. The molecule has 0 amide bonds. The average molecular weight is 329 g/mol. The maximum Gasteiger partial charge on any atom is 0.126 e. The fourth-order valence-corrected chi connectivity index (χ4v) is 4.30. The van der Waals surface area contributed by atoms with Crippen LogP contribution in [0.5, 0.6) is 11.5 Å². The fourth-order valence-electron chi connectivity index (χ4n) is 4.30. The molecule has 1 aromatic carbocycles. The minimum atomic E-state index is 0.412. The van der Waals surface area contributed by atoms with E-state index in [1.165, 1.54) is 31.2 Å². The van der Waals surface area contributed by atoms with Gasteiger partial charge < -0.3 is 15.2 Å². The molecule has 2 N–H and O–H groups in total. The van der Waals surface area contributed by atoms with Crippen LogP contribution in [-0.4, -0.2) is 24.3 Å². The summed E-state index contributed by atoms with van der Waals surface area (Å²) in [5, 5.41) is 14.2. The van der Waals surface area contributed by atoms with Gasteiger partial charge in [0.2, 0.25) is 0 Å². The monoisotopic (exact) mass is 329 g/mol. The van der Waals surface area contributed by atoms with Crippen molar-refractivity contribution in [1.82, 2.24) is 5.32 Å². The van der Waals surface area contributed by atoms with E-state index in [2.05, 4.69) is 24.9 Å². The van der Waals surface area contributed by atoms with Crippen LogP contribution in [-0.2, 0) is 6.42 Å². The molecule has 1 saturated carbocycles. The van der Waals surface area contributed by atoms with Gasteiger partial charge in [0.05, 0.1) is 6.61 Å². The second-order valence-electron chi connectivity index (χ2n) is 7.37. The maximum atomic E-state index is 10.7. The lowest BCUT2D eigenvalue weighted by Crippen LogP contribution is -2.40. The second kappa shape index (κ2) is 8.06. The summed E-state index contributed by atoms with van der Waals surface area (Å²) in [6.07, 6.45) is 10.0. The van der Waals surface area contributed by atoms with Crippen molar-refractivity contribution in [2.24, 2.45) is 5.92 Å². The lowest BCUT2D eigenvalue weighted by molar-refractivity contribution is 0.139. The number of hydrogen-bond acceptors (Lipinski definition) is 3. The third-order valence-electron chi connectivity index (χ3n) is 5.62. The standard InChI is InChI=1S/C21H31NO2/c1-3-5-6-7-15-11-19(23)21-18-13-17(22-10-4-2)9-8-16(18)14-24-20(21)12-15/h4,11-12,16-18,22-23H,2-3,5-10,13-14H2,1H3/t16-,17?,18-/m1/s1. The van der Waals surface area contributed by atoms with Gasteiger partial charge in [-0.25, -0.2) is 0 Å². The highest BCUT2D eigenvalue weighted by atomic mass is 16.5. The Hall–Kier alpha value is -1.48. The molecule has 1 fully saturated rings. The van der Waals surface area contributed by atoms with Crippen LogP contribution in [0.25, 0.3) is 0 Å². The molecule has 1 aromatic rings. The number of benzene rings is 1. The Morgan fingerprint density at radius 2 is 2.21 bits per heavy atom. The number of unbranched alkanes of at least 4 members (excludes halogenated alkanes) is 2. The summed E-state index contributed by atoms with van der Waals surface area (Å²) in [6.45, 7) is 7.66. The number of nitrogens with one attached hydrogen (secondary N) is 1. The van der Waals surface area contributed by atoms with E-state index < -0.39 is 0 Å². The number of hydrogen-bond donors (Lipinski definition) is 2. The molecular weight excluding hydrogens is 298 g/mol. The Balaban J connectivity index is 1.77. The normalized spacial score (nSPS) is 25.5. The highest BCUT2D eigenvalue weighted by molar-refractivity contribution is 5.51. The van der Waals surface area contributed by atoms with Gasteiger partial charge in [-0.05, 0) is 55.7 Å². The van der Waals surface area contributed by atoms with Crippen LogP contribution in [0.1, 0.15) is 62.5 Å². The van der Waals surface area contributed by atoms with Crippen molar-refractivity contribution in [3.8, 4) is 11.5 Å². The molecule has 1 heterocycles. The molecule has 1 unspecified atom stereocenters. The average Bonchev–Trinajstić information content (AvgIpc) is 2.59. The molecule has 0 bridgehead atoms. The van der Waals surface area contributed by atoms with Crippen molar-refractivity contribution in [3.05, 3.63) is 35.9 Å². The predicted molar refractivity (Wildman–Crippen MR) is 98.9 cm³/mol. The van der Waals surface area contributed by atoms with Crippen molar-refractivity contribution < 1.29 is 9.84 Å². The van der Waals surface area contributed by atoms with Crippen LogP contribution < -0.4 is 10.1 Å². The summed E-state index contributed by atoms with van der Waals surface area (Å²) < 4.78 is 6.04. The Kier molecular flexibility index (Phi) is 5.83. The van der Waals surface area contributed by atoms with E-state index in [9.17, 15) is 5.11 Å². The molecule has 3 heteroatoms. The Bertz CT molecular complexity index is 569. The number of rotatable bonds is 7. The van der Waals surface area contributed by atoms with Crippen LogP contribution in [0, 0.1) is 5.92 Å². The Labute approximate surface area is 146 Å². The molecule has 132 valence electrons. The summed E-state index contributed by atoms with van der Waals surface area (Å²) in [4.78, 5) is 0. The number of aryl methyl sites for hydroxylation is 1. The van der Waals surface area contributed by atoms with Crippen LogP contribution in [0.2, 0.25) is 0 Å². The van der Waals surface area contributed by atoms with E-state index >= 15 is 0 Å². The minimum Gasteiger partial charge on any atom is -0.508 e. The molecule has 2 aliphatic rings. The van der Waals surface area contributed by atoms with Crippen LogP contribution in [0.3, 0.4) is 0 Å². The molecular formula is C21H31NO2. The first-order chi connectivity index (χ1) is 11.7. The smallest absolute Gasteiger partial charge is 0.126 e. The van der Waals surface area contributed by atoms with E-state index in [0.717, 1.165) is 43.7 Å². The van der Waals surface area contributed by atoms with E-state index in [-0.39, 0.29) is 0 Å². The molecule has 24 heavy (non-hydrogen) atoms. The highest BCUT2D eigenvalue weighted by Crippen LogP contribution is 2.49. The van der Waals surface area contributed by atoms with Crippen molar-refractivity contribution in [3.63, 3.8) is 0 Å². The second-order valence-corrected chi connectivity index (χ2v) is 7.37. The first kappa shape index (κ1) is 17.3. The molecule has 0 aromatic heterocycles. The first-order valence-corrected chi connectivity index (χ1v) is 9.55. The van der Waals surface area contributed by atoms with Crippen molar-refractivity contribution in [2.75, 3.05) is 13.2 Å². The molecule has 0 radical (unpaired) electrons. The van der Waals surface area contributed by atoms with Gasteiger partial charge in [0.1, 0.15) is 11.5 Å². The topological polar surface area (TPSA) is 41.5 Å². The maximum absolute atomic E-state index is 10.7. The molecule has 3 rings (SSSR count). The molecule has 0 saturated heterocycles. The SMILES string of the molecule is C=CCNC1CC[C@@H]2COc3cc(CCCCC)cc(O)c3[C@@H]2C1. The Morgan fingerprint density at radius 1 is 1.33 bits per heavy atom. The van der Waals surface area contributed by atoms with E-state index in [1.54, 1.807) is 0 Å². The summed E-state index contributed by atoms with van der Waals surface area (Å²) in [7, 11) is 0. The van der Waals surface area contributed by atoms with Gasteiger partial charge in [-0.1, -0.05) is 25.8 Å². The molecule has 0 spiro atoms. The minimum absolute atomic E-state index is 0.412. The van der Waals surface area contributed by atoms with Gasteiger partial charge in [0.25, 0.3) is 0 Å². The van der Waals surface area contributed by atoms with Crippen molar-refractivity contribution in [1.29, 1.82) is 0 Å². The van der Waals surface area contributed by atoms with Gasteiger partial charge in [-0.3, -0.25) is 0 Å². The van der Waals surface area contributed by atoms with Crippen molar-refractivity contribution in [2.45, 2.75) is 63.8 Å². The van der Waals surface area contributed by atoms with E-state index in [4.69, 9.17) is 4.74 Å². The zero-order valence-electron chi connectivity index (χ0n) is 14.9.